The van der Waals surface area contributed by atoms with Crippen LogP contribution in [0.15, 0.2) is 84.9 Å². The summed E-state index contributed by atoms with van der Waals surface area (Å²) in [7, 11) is 0. The largest absolute Gasteiger partial charge is 0.281 e. The number of anilines is 2. The second-order valence-electron chi connectivity index (χ2n) is 6.03. The lowest BCUT2D eigenvalue weighted by Gasteiger charge is -2.19. The van der Waals surface area contributed by atoms with E-state index in [1.807, 2.05) is 11.3 Å². The Bertz CT molecular complexity index is 1220. The van der Waals surface area contributed by atoms with Crippen molar-refractivity contribution in [2.24, 2.45) is 0 Å². The SMILES string of the molecule is IN(c1cccc2ccccc12)c1cccc2c1sc1ccccc12. The molecule has 0 N–H and O–H groups in total. The first-order valence-electron chi connectivity index (χ1n) is 8.17. The molecule has 0 fully saturated rings. The van der Waals surface area contributed by atoms with E-state index in [4.69, 9.17) is 0 Å². The normalized spacial score (nSPS) is 11.4. The molecule has 25 heavy (non-hydrogen) atoms. The average molecular weight is 451 g/mol. The van der Waals surface area contributed by atoms with Crippen LogP contribution in [0, 0.1) is 0 Å². The second kappa shape index (κ2) is 6.00. The van der Waals surface area contributed by atoms with Crippen molar-refractivity contribution in [2.75, 3.05) is 3.11 Å². The third kappa shape index (κ3) is 2.41. The molecule has 0 spiro atoms. The molecule has 0 atom stereocenters. The Hall–Kier alpha value is -2.11. The van der Waals surface area contributed by atoms with E-state index >= 15 is 0 Å². The fourth-order valence-electron chi connectivity index (χ4n) is 3.40. The molecule has 0 unspecified atom stereocenters. The molecule has 0 saturated heterocycles. The fourth-order valence-corrected chi connectivity index (χ4v) is 5.59. The van der Waals surface area contributed by atoms with Gasteiger partial charge in [-0.25, -0.2) is 0 Å². The van der Waals surface area contributed by atoms with Gasteiger partial charge in [0.2, 0.25) is 0 Å². The molecule has 0 bridgehead atoms. The van der Waals surface area contributed by atoms with Crippen molar-refractivity contribution in [2.45, 2.75) is 0 Å². The Morgan fingerprint density at radius 2 is 1.24 bits per heavy atom. The summed E-state index contributed by atoms with van der Waals surface area (Å²) < 4.78 is 4.97. The highest BCUT2D eigenvalue weighted by Gasteiger charge is 2.15. The minimum Gasteiger partial charge on any atom is -0.281 e. The highest BCUT2D eigenvalue weighted by Crippen LogP contribution is 2.44. The number of hydrogen-bond donors (Lipinski definition) is 0. The van der Waals surface area contributed by atoms with Crippen LogP contribution in [0.1, 0.15) is 0 Å². The van der Waals surface area contributed by atoms with Crippen LogP contribution in [0.2, 0.25) is 0 Å². The van der Waals surface area contributed by atoms with Gasteiger partial charge in [-0.05, 0) is 23.6 Å². The van der Waals surface area contributed by atoms with Gasteiger partial charge in [-0.15, -0.1) is 11.3 Å². The number of halogens is 1. The molecular weight excluding hydrogens is 437 g/mol. The van der Waals surface area contributed by atoms with E-state index < -0.39 is 0 Å². The first-order chi connectivity index (χ1) is 12.3. The maximum atomic E-state index is 2.43. The average Bonchev–Trinajstić information content (AvgIpc) is 3.06. The summed E-state index contributed by atoms with van der Waals surface area (Å²) >= 11 is 4.30. The molecule has 1 aromatic heterocycles. The molecule has 0 aliphatic carbocycles. The predicted octanol–water partition coefficient (Wildman–Crippen LogP) is 7.70. The lowest BCUT2D eigenvalue weighted by Crippen LogP contribution is -2.01. The van der Waals surface area contributed by atoms with Gasteiger partial charge in [0.05, 0.1) is 38.9 Å². The van der Waals surface area contributed by atoms with Crippen LogP contribution in [0.5, 0.6) is 0 Å². The van der Waals surface area contributed by atoms with Gasteiger partial charge in [-0.3, -0.25) is 3.11 Å². The summed E-state index contributed by atoms with van der Waals surface area (Å²) in [6.07, 6.45) is 0. The van der Waals surface area contributed by atoms with Crippen molar-refractivity contribution in [3.05, 3.63) is 84.9 Å². The predicted molar refractivity (Wildman–Crippen MR) is 119 cm³/mol. The van der Waals surface area contributed by atoms with Crippen molar-refractivity contribution < 1.29 is 0 Å². The maximum Gasteiger partial charge on any atom is 0.0689 e. The molecule has 5 rings (SSSR count). The van der Waals surface area contributed by atoms with E-state index in [-0.39, 0.29) is 0 Å². The monoisotopic (exact) mass is 451 g/mol. The van der Waals surface area contributed by atoms with Crippen molar-refractivity contribution in [1.29, 1.82) is 0 Å². The second-order valence-corrected chi connectivity index (χ2v) is 8.05. The Morgan fingerprint density at radius 1 is 0.600 bits per heavy atom. The molecule has 5 aromatic rings. The highest BCUT2D eigenvalue weighted by atomic mass is 127. The Balaban J connectivity index is 1.77. The van der Waals surface area contributed by atoms with Gasteiger partial charge < -0.3 is 0 Å². The number of thiophene rings is 1. The molecule has 0 saturated carbocycles. The van der Waals surface area contributed by atoms with E-state index in [9.17, 15) is 0 Å². The van der Waals surface area contributed by atoms with Crippen LogP contribution in [0.4, 0.5) is 11.4 Å². The fraction of sp³-hybridized carbons (Fsp3) is 0. The zero-order chi connectivity index (χ0) is 16.8. The Morgan fingerprint density at radius 3 is 2.16 bits per heavy atom. The van der Waals surface area contributed by atoms with Crippen LogP contribution < -0.4 is 3.11 Å². The van der Waals surface area contributed by atoms with Gasteiger partial charge in [0.25, 0.3) is 0 Å². The van der Waals surface area contributed by atoms with Crippen LogP contribution >= 0.6 is 34.2 Å². The Labute approximate surface area is 164 Å². The number of nitrogens with zero attached hydrogens (tertiary/aromatic N) is 1. The van der Waals surface area contributed by atoms with Gasteiger partial charge >= 0.3 is 0 Å². The van der Waals surface area contributed by atoms with E-state index in [0.29, 0.717) is 0 Å². The molecule has 4 aromatic carbocycles. The standard InChI is InChI=1S/C22H14INS/c23-24(19-12-5-8-15-7-1-2-9-16(15)19)20-13-6-11-18-17-10-3-4-14-21(17)25-22(18)20/h1-14H. The molecule has 3 heteroatoms. The van der Waals surface area contributed by atoms with Gasteiger partial charge in [0.15, 0.2) is 0 Å². The summed E-state index contributed by atoms with van der Waals surface area (Å²) in [5.74, 6) is 0. The van der Waals surface area contributed by atoms with E-state index in [1.165, 1.54) is 42.3 Å². The summed E-state index contributed by atoms with van der Waals surface area (Å²) in [6, 6.07) is 30.3. The minimum absolute atomic E-state index is 1.23. The summed E-state index contributed by atoms with van der Waals surface area (Å²) in [5, 5.41) is 5.22. The first-order valence-corrected chi connectivity index (χ1v) is 9.95. The van der Waals surface area contributed by atoms with Crippen LogP contribution in [0.25, 0.3) is 30.9 Å². The zero-order valence-corrected chi connectivity index (χ0v) is 16.3. The van der Waals surface area contributed by atoms with Crippen molar-refractivity contribution in [3.63, 3.8) is 0 Å². The van der Waals surface area contributed by atoms with Crippen molar-refractivity contribution >= 4 is 76.5 Å². The third-order valence-corrected chi connectivity index (χ3v) is 6.82. The smallest absolute Gasteiger partial charge is 0.0689 e. The molecule has 0 amide bonds. The molecule has 0 aliphatic rings. The zero-order valence-electron chi connectivity index (χ0n) is 13.3. The molecule has 0 aliphatic heterocycles. The number of benzene rings is 4. The maximum absolute atomic E-state index is 2.43. The first kappa shape index (κ1) is 15.2. The molecular formula is C22H14INS. The van der Waals surface area contributed by atoms with Crippen molar-refractivity contribution in [1.82, 2.24) is 0 Å². The summed E-state index contributed by atoms with van der Waals surface area (Å²) in [6.45, 7) is 0. The van der Waals surface area contributed by atoms with Crippen LogP contribution in [-0.4, -0.2) is 0 Å². The summed E-state index contributed by atoms with van der Waals surface area (Å²) in [5.41, 5.74) is 2.47. The van der Waals surface area contributed by atoms with E-state index in [1.54, 1.807) is 0 Å². The van der Waals surface area contributed by atoms with Gasteiger partial charge in [-0.1, -0.05) is 66.7 Å². The topological polar surface area (TPSA) is 3.24 Å². The van der Waals surface area contributed by atoms with Gasteiger partial charge in [0.1, 0.15) is 0 Å². The molecule has 1 nitrogen and oxygen atoms in total. The summed E-state index contributed by atoms with van der Waals surface area (Å²) in [4.78, 5) is 0. The van der Waals surface area contributed by atoms with Crippen molar-refractivity contribution in [3.8, 4) is 0 Å². The lowest BCUT2D eigenvalue weighted by atomic mass is 10.1. The van der Waals surface area contributed by atoms with E-state index in [0.717, 1.165) is 0 Å². The van der Waals surface area contributed by atoms with Crippen LogP contribution in [-0.2, 0) is 0 Å². The minimum atomic E-state index is 1.23. The number of hydrogen-bond acceptors (Lipinski definition) is 2. The number of fused-ring (bicyclic) bond motifs is 4. The van der Waals surface area contributed by atoms with Gasteiger partial charge in [-0.2, -0.15) is 0 Å². The molecule has 0 radical (unpaired) electrons. The molecule has 120 valence electrons. The quantitative estimate of drug-likeness (QED) is 0.196. The van der Waals surface area contributed by atoms with Crippen LogP contribution in [0.3, 0.4) is 0 Å². The highest BCUT2D eigenvalue weighted by molar-refractivity contribution is 14.1. The van der Waals surface area contributed by atoms with Gasteiger partial charge in [0, 0.05) is 20.9 Å². The third-order valence-electron chi connectivity index (χ3n) is 4.57. The van der Waals surface area contributed by atoms with E-state index in [2.05, 4.69) is 111 Å². The lowest BCUT2D eigenvalue weighted by molar-refractivity contribution is 1.54. The Kier molecular flexibility index (Phi) is 3.64. The number of rotatable bonds is 2. The molecule has 1 heterocycles.